The van der Waals surface area contributed by atoms with Gasteiger partial charge in [0.25, 0.3) is 0 Å². The van der Waals surface area contributed by atoms with Crippen molar-refractivity contribution in [2.45, 2.75) is 44.0 Å². The third-order valence-electron chi connectivity index (χ3n) is 5.35. The van der Waals surface area contributed by atoms with E-state index >= 15 is 0 Å². The van der Waals surface area contributed by atoms with E-state index in [2.05, 4.69) is 4.72 Å². The molecular weight excluding hydrogens is 458 g/mol. The maximum Gasteiger partial charge on any atom is 0.243 e. The van der Waals surface area contributed by atoms with Crippen LogP contribution in [0.2, 0.25) is 0 Å². The zero-order valence-electron chi connectivity index (χ0n) is 18.6. The molecule has 0 aromatic heterocycles. The predicted octanol–water partition coefficient (Wildman–Crippen LogP) is 1.70. The summed E-state index contributed by atoms with van der Waals surface area (Å²) in [4.78, 5) is 14.7. The van der Waals surface area contributed by atoms with E-state index in [9.17, 15) is 21.6 Å². The number of benzene rings is 1. The van der Waals surface area contributed by atoms with E-state index in [1.165, 1.54) is 23.0 Å². The van der Waals surface area contributed by atoms with Crippen molar-refractivity contribution in [1.82, 2.24) is 13.9 Å². The Morgan fingerprint density at radius 3 is 2.13 bits per heavy atom. The van der Waals surface area contributed by atoms with E-state index in [1.807, 2.05) is 32.2 Å². The SMILES string of the molecule is CCS(=O)(=O)NC(CCSC)C(=O)N1CCN(S(=O)(=O)c2ccc(C(C)C)cc2)CC1. The minimum absolute atomic E-state index is 0.0995. The molecule has 1 aromatic carbocycles. The molecule has 1 atom stereocenters. The van der Waals surface area contributed by atoms with Gasteiger partial charge < -0.3 is 4.90 Å². The fraction of sp³-hybridized carbons (Fsp3) is 0.650. The van der Waals surface area contributed by atoms with E-state index in [0.717, 1.165) is 5.56 Å². The van der Waals surface area contributed by atoms with Gasteiger partial charge in [0.15, 0.2) is 0 Å². The number of carbonyl (C=O) groups is 1. The van der Waals surface area contributed by atoms with Crippen LogP contribution >= 0.6 is 11.8 Å². The standard InChI is InChI=1S/C20H33N3O5S3/c1-5-30(25,26)21-19(10-15-29-4)20(24)22-11-13-23(14-12-22)31(27,28)18-8-6-17(7-9-18)16(2)3/h6-9,16,19,21H,5,10-15H2,1-4H3. The molecule has 1 unspecified atom stereocenters. The minimum atomic E-state index is -3.64. The molecule has 1 aromatic rings. The number of piperazine rings is 1. The van der Waals surface area contributed by atoms with Crippen molar-refractivity contribution in [3.05, 3.63) is 29.8 Å². The lowest BCUT2D eigenvalue weighted by molar-refractivity contribution is -0.134. The Hall–Kier alpha value is -1.14. The summed E-state index contributed by atoms with van der Waals surface area (Å²) in [5.74, 6) is 0.556. The molecule has 0 bridgehead atoms. The van der Waals surface area contributed by atoms with Gasteiger partial charge >= 0.3 is 0 Å². The average Bonchev–Trinajstić information content (AvgIpc) is 2.76. The molecule has 0 saturated carbocycles. The van der Waals surface area contributed by atoms with Crippen molar-refractivity contribution in [2.75, 3.05) is 43.9 Å². The second kappa shape index (κ2) is 11.1. The normalized spacial score (nSPS) is 17.1. The second-order valence-corrected chi connectivity index (χ2v) is 12.8. The van der Waals surface area contributed by atoms with Crippen LogP contribution < -0.4 is 4.72 Å². The monoisotopic (exact) mass is 491 g/mol. The zero-order valence-corrected chi connectivity index (χ0v) is 21.0. The molecule has 1 fully saturated rings. The van der Waals surface area contributed by atoms with Gasteiger partial charge in [-0.1, -0.05) is 26.0 Å². The molecule has 0 aliphatic carbocycles. The van der Waals surface area contributed by atoms with Gasteiger partial charge in [-0.25, -0.2) is 21.6 Å². The maximum absolute atomic E-state index is 13.0. The van der Waals surface area contributed by atoms with Crippen molar-refractivity contribution >= 4 is 37.7 Å². The highest BCUT2D eigenvalue weighted by molar-refractivity contribution is 7.98. The van der Waals surface area contributed by atoms with E-state index in [4.69, 9.17) is 0 Å². The number of amides is 1. The second-order valence-electron chi connectivity index (χ2n) is 7.81. The molecule has 176 valence electrons. The number of rotatable bonds is 10. The summed E-state index contributed by atoms with van der Waals surface area (Å²) < 4.78 is 53.8. The fourth-order valence-corrected chi connectivity index (χ4v) is 6.02. The van der Waals surface area contributed by atoms with Gasteiger partial charge in [0.1, 0.15) is 6.04 Å². The van der Waals surface area contributed by atoms with Crippen molar-refractivity contribution in [2.24, 2.45) is 0 Å². The Labute approximate surface area is 190 Å². The van der Waals surface area contributed by atoms with Gasteiger partial charge in [-0.2, -0.15) is 16.1 Å². The molecule has 1 aliphatic rings. The largest absolute Gasteiger partial charge is 0.339 e. The summed E-state index contributed by atoms with van der Waals surface area (Å²) in [6, 6.07) is 6.07. The fourth-order valence-electron chi connectivity index (χ4n) is 3.31. The van der Waals surface area contributed by atoms with Crippen LogP contribution in [0.1, 0.15) is 38.7 Å². The van der Waals surface area contributed by atoms with E-state index < -0.39 is 26.1 Å². The van der Waals surface area contributed by atoms with Crippen LogP contribution in [0.25, 0.3) is 0 Å². The van der Waals surface area contributed by atoms with Crippen LogP contribution in [-0.4, -0.2) is 81.9 Å². The van der Waals surface area contributed by atoms with Crippen molar-refractivity contribution in [3.63, 3.8) is 0 Å². The summed E-state index contributed by atoms with van der Waals surface area (Å²) in [7, 11) is -7.17. The van der Waals surface area contributed by atoms with Crippen LogP contribution in [0.4, 0.5) is 0 Å². The molecule has 1 aliphatic heterocycles. The van der Waals surface area contributed by atoms with Crippen LogP contribution in [0.15, 0.2) is 29.2 Å². The number of carbonyl (C=O) groups excluding carboxylic acids is 1. The van der Waals surface area contributed by atoms with Crippen molar-refractivity contribution < 1.29 is 21.6 Å². The van der Waals surface area contributed by atoms with E-state index in [0.29, 0.717) is 18.1 Å². The van der Waals surface area contributed by atoms with Crippen LogP contribution in [-0.2, 0) is 24.8 Å². The number of nitrogens with zero attached hydrogens (tertiary/aromatic N) is 2. The Morgan fingerprint density at radius 1 is 1.06 bits per heavy atom. The predicted molar refractivity (Wildman–Crippen MR) is 125 cm³/mol. The molecule has 31 heavy (non-hydrogen) atoms. The lowest BCUT2D eigenvalue weighted by Gasteiger charge is -2.35. The quantitative estimate of drug-likeness (QED) is 0.534. The summed E-state index contributed by atoms with van der Waals surface area (Å²) in [5, 5.41) is 0. The Kier molecular flexibility index (Phi) is 9.38. The van der Waals surface area contributed by atoms with Gasteiger partial charge in [-0.15, -0.1) is 0 Å². The molecule has 0 spiro atoms. The van der Waals surface area contributed by atoms with Crippen molar-refractivity contribution in [1.29, 1.82) is 0 Å². The molecule has 1 N–H and O–H groups in total. The highest BCUT2D eigenvalue weighted by Gasteiger charge is 2.33. The third-order valence-corrected chi connectivity index (χ3v) is 9.31. The van der Waals surface area contributed by atoms with Gasteiger partial charge in [-0.05, 0) is 49.0 Å². The minimum Gasteiger partial charge on any atom is -0.339 e. The first kappa shape index (κ1) is 26.1. The Balaban J connectivity index is 2.06. The first-order valence-corrected chi connectivity index (χ1v) is 14.9. The lowest BCUT2D eigenvalue weighted by atomic mass is 10.0. The summed E-state index contributed by atoms with van der Waals surface area (Å²) >= 11 is 1.54. The summed E-state index contributed by atoms with van der Waals surface area (Å²) in [6.45, 7) is 6.43. The maximum atomic E-state index is 13.0. The molecule has 1 saturated heterocycles. The molecule has 11 heteroatoms. The number of thioether (sulfide) groups is 1. The summed E-state index contributed by atoms with van der Waals surface area (Å²) in [5.41, 5.74) is 1.07. The molecule has 8 nitrogen and oxygen atoms in total. The average molecular weight is 492 g/mol. The van der Waals surface area contributed by atoms with Gasteiger partial charge in [0.2, 0.25) is 26.0 Å². The Morgan fingerprint density at radius 2 is 1.65 bits per heavy atom. The number of hydrogen-bond donors (Lipinski definition) is 1. The molecule has 1 heterocycles. The zero-order chi connectivity index (χ0) is 23.2. The smallest absolute Gasteiger partial charge is 0.243 e. The van der Waals surface area contributed by atoms with Gasteiger partial charge in [0, 0.05) is 26.2 Å². The van der Waals surface area contributed by atoms with Crippen LogP contribution in [0.5, 0.6) is 0 Å². The molecule has 0 radical (unpaired) electrons. The van der Waals surface area contributed by atoms with Crippen LogP contribution in [0, 0.1) is 0 Å². The highest BCUT2D eigenvalue weighted by Crippen LogP contribution is 2.21. The number of nitrogens with one attached hydrogen (secondary N) is 1. The molecule has 1 amide bonds. The van der Waals surface area contributed by atoms with Crippen molar-refractivity contribution in [3.8, 4) is 0 Å². The Bertz CT molecular complexity index is 939. The number of sulfonamides is 2. The molecular formula is C20H33N3O5S3. The van der Waals surface area contributed by atoms with E-state index in [-0.39, 0.29) is 42.7 Å². The molecule has 2 rings (SSSR count). The van der Waals surface area contributed by atoms with Gasteiger partial charge in [0.05, 0.1) is 10.6 Å². The van der Waals surface area contributed by atoms with Gasteiger partial charge in [-0.3, -0.25) is 4.79 Å². The first-order chi connectivity index (χ1) is 14.5. The first-order valence-electron chi connectivity index (χ1n) is 10.4. The topological polar surface area (TPSA) is 104 Å². The summed E-state index contributed by atoms with van der Waals surface area (Å²) in [6.07, 6.45) is 2.28. The highest BCUT2D eigenvalue weighted by atomic mass is 32.2. The third kappa shape index (κ3) is 6.92. The van der Waals surface area contributed by atoms with Crippen LogP contribution in [0.3, 0.4) is 0 Å². The number of hydrogen-bond acceptors (Lipinski definition) is 6. The lowest BCUT2D eigenvalue weighted by Crippen LogP contribution is -2.56. The van der Waals surface area contributed by atoms with E-state index in [1.54, 1.807) is 17.0 Å².